The molecule has 4 rings (SSSR count). The van der Waals surface area contributed by atoms with Crippen molar-refractivity contribution >= 4 is 49.8 Å². The molecule has 1 aliphatic rings. The number of nitrogens with zero attached hydrogens (tertiary/aromatic N) is 2. The summed E-state index contributed by atoms with van der Waals surface area (Å²) in [6.45, 7) is 3.39. The molecule has 1 saturated heterocycles. The quantitative estimate of drug-likeness (QED) is 0.378. The predicted molar refractivity (Wildman–Crippen MR) is 154 cm³/mol. The van der Waals surface area contributed by atoms with E-state index in [9.17, 15) is 36.0 Å². The molecule has 2 heterocycles. The lowest BCUT2D eigenvalue weighted by Gasteiger charge is -2.33. The van der Waals surface area contributed by atoms with Crippen molar-refractivity contribution in [2.75, 3.05) is 25.4 Å². The van der Waals surface area contributed by atoms with Crippen molar-refractivity contribution in [1.82, 2.24) is 19.8 Å². The van der Waals surface area contributed by atoms with Gasteiger partial charge in [0.1, 0.15) is 0 Å². The van der Waals surface area contributed by atoms with Crippen molar-refractivity contribution in [3.05, 3.63) is 71.8 Å². The molecule has 0 bridgehead atoms. The van der Waals surface area contributed by atoms with Crippen molar-refractivity contribution in [3.8, 4) is 0 Å². The summed E-state index contributed by atoms with van der Waals surface area (Å²) < 4.78 is 68.9. The Kier molecular flexibility index (Phi) is 9.46. The Labute approximate surface area is 249 Å². The number of carbonyl (C=O) groups excluding carboxylic acids is 1. The van der Waals surface area contributed by atoms with Crippen LogP contribution in [0.25, 0.3) is 10.9 Å². The van der Waals surface area contributed by atoms with Gasteiger partial charge in [-0.05, 0) is 60.7 Å². The fourth-order valence-corrected chi connectivity index (χ4v) is 6.83. The van der Waals surface area contributed by atoms with E-state index >= 15 is 0 Å². The second-order valence-electron chi connectivity index (χ2n) is 10.3. The number of likely N-dealkylation sites (tertiary alicyclic amines) is 1. The third kappa shape index (κ3) is 6.85. The number of aromatic amines is 1. The average Bonchev–Trinajstić information content (AvgIpc) is 2.91. The topological polar surface area (TPSA) is 121 Å². The Morgan fingerprint density at radius 3 is 2.52 bits per heavy atom. The molecule has 3 aromatic rings. The van der Waals surface area contributed by atoms with Crippen LogP contribution in [0.15, 0.2) is 38.8 Å². The van der Waals surface area contributed by atoms with E-state index in [1.165, 1.54) is 32.0 Å². The van der Waals surface area contributed by atoms with Gasteiger partial charge in [0.2, 0.25) is 5.91 Å². The molecule has 0 unspecified atom stereocenters. The lowest BCUT2D eigenvalue weighted by Crippen LogP contribution is -2.40. The van der Waals surface area contributed by atoms with Gasteiger partial charge in [-0.1, -0.05) is 30.1 Å². The number of rotatable bonds is 8. The zero-order chi connectivity index (χ0) is 31.0. The highest BCUT2D eigenvalue weighted by molar-refractivity contribution is 7.91. The molecule has 1 aromatic heterocycles. The minimum atomic E-state index is -4.87. The largest absolute Gasteiger partial charge is 0.416 e. The van der Waals surface area contributed by atoms with Crippen LogP contribution in [-0.4, -0.2) is 54.2 Å². The molecule has 1 fully saturated rings. The van der Waals surface area contributed by atoms with Crippen molar-refractivity contribution in [1.29, 1.82) is 0 Å². The van der Waals surface area contributed by atoms with Crippen molar-refractivity contribution in [3.63, 3.8) is 0 Å². The third-order valence-corrected chi connectivity index (χ3v) is 9.80. The number of nitrogens with one attached hydrogen (secondary N) is 2. The SMILES string of the molecule is CCS(=O)(=O)c1ccc(Cl)cc1Cn1c(=O)[nH]c2c(Cl)c(CN3CCC[C@H](CNC(C)=O)C3)c(C(F)(F)F)cc2c1=O. The average molecular weight is 650 g/mol. The molecular weight excluding hydrogens is 620 g/mol. The van der Waals surface area contributed by atoms with Gasteiger partial charge in [-0.15, -0.1) is 0 Å². The molecule has 42 heavy (non-hydrogen) atoms. The number of hydrogen-bond donors (Lipinski definition) is 2. The Bertz CT molecular complexity index is 1760. The van der Waals surface area contributed by atoms with Gasteiger partial charge in [0.15, 0.2) is 9.84 Å². The number of amides is 1. The normalized spacial score (nSPS) is 16.6. The van der Waals surface area contributed by atoms with Crippen LogP contribution >= 0.6 is 23.2 Å². The maximum absolute atomic E-state index is 14.3. The highest BCUT2D eigenvalue weighted by atomic mass is 35.5. The predicted octanol–water partition coefficient (Wildman–Crippen LogP) is 4.21. The van der Waals surface area contributed by atoms with E-state index in [1.807, 2.05) is 0 Å². The summed E-state index contributed by atoms with van der Waals surface area (Å²) >= 11 is 12.5. The summed E-state index contributed by atoms with van der Waals surface area (Å²) in [7, 11) is -3.78. The molecule has 1 aliphatic heterocycles. The number of sulfone groups is 1. The van der Waals surface area contributed by atoms with E-state index in [-0.39, 0.29) is 50.7 Å². The smallest absolute Gasteiger partial charge is 0.356 e. The van der Waals surface area contributed by atoms with Gasteiger partial charge >= 0.3 is 11.9 Å². The van der Waals surface area contributed by atoms with E-state index in [0.29, 0.717) is 36.7 Å². The first-order valence-corrected chi connectivity index (χ1v) is 15.6. The maximum Gasteiger partial charge on any atom is 0.416 e. The van der Waals surface area contributed by atoms with Crippen molar-refractivity contribution in [2.24, 2.45) is 5.92 Å². The third-order valence-electron chi connectivity index (χ3n) is 7.32. The summed E-state index contributed by atoms with van der Waals surface area (Å²) in [6.07, 6.45) is -3.37. The molecule has 228 valence electrons. The Balaban J connectivity index is 1.80. The second kappa shape index (κ2) is 12.4. The van der Waals surface area contributed by atoms with E-state index in [1.54, 1.807) is 4.90 Å². The lowest BCUT2D eigenvalue weighted by molar-refractivity contribution is -0.138. The highest BCUT2D eigenvalue weighted by Crippen LogP contribution is 2.39. The minimum absolute atomic E-state index is 0.0361. The van der Waals surface area contributed by atoms with E-state index < -0.39 is 49.8 Å². The first kappa shape index (κ1) is 32.1. The lowest BCUT2D eigenvalue weighted by atomic mass is 9.96. The van der Waals surface area contributed by atoms with E-state index in [0.717, 1.165) is 6.42 Å². The highest BCUT2D eigenvalue weighted by Gasteiger charge is 2.37. The number of piperidine rings is 1. The van der Waals surface area contributed by atoms with Gasteiger partial charge in [0.05, 0.1) is 38.7 Å². The van der Waals surface area contributed by atoms with Gasteiger partial charge in [-0.25, -0.2) is 13.2 Å². The Hall–Kier alpha value is -2.87. The molecule has 0 spiro atoms. The number of hydrogen-bond acceptors (Lipinski definition) is 6. The molecule has 15 heteroatoms. The molecular formula is C27H29Cl2F3N4O5S. The second-order valence-corrected chi connectivity index (χ2v) is 13.4. The van der Waals surface area contributed by atoms with Crippen LogP contribution in [0.3, 0.4) is 0 Å². The van der Waals surface area contributed by atoms with Gasteiger partial charge in [-0.2, -0.15) is 13.2 Å². The first-order chi connectivity index (χ1) is 19.6. The van der Waals surface area contributed by atoms with Crippen LogP contribution in [0.2, 0.25) is 10.0 Å². The Morgan fingerprint density at radius 1 is 1.17 bits per heavy atom. The summed E-state index contributed by atoms with van der Waals surface area (Å²) in [5, 5.41) is 2.01. The number of alkyl halides is 3. The zero-order valence-corrected chi connectivity index (χ0v) is 25.1. The van der Waals surface area contributed by atoms with Gasteiger partial charge in [-0.3, -0.25) is 19.1 Å². The van der Waals surface area contributed by atoms with E-state index in [2.05, 4.69) is 10.3 Å². The molecule has 0 saturated carbocycles. The monoisotopic (exact) mass is 648 g/mol. The van der Waals surface area contributed by atoms with Gasteiger partial charge < -0.3 is 10.3 Å². The van der Waals surface area contributed by atoms with Crippen LogP contribution in [0.1, 0.15) is 43.4 Å². The minimum Gasteiger partial charge on any atom is -0.356 e. The summed E-state index contributed by atoms with van der Waals surface area (Å²) in [4.78, 5) is 41.9. The molecule has 2 aromatic carbocycles. The van der Waals surface area contributed by atoms with Crippen LogP contribution in [0, 0.1) is 5.92 Å². The zero-order valence-electron chi connectivity index (χ0n) is 22.8. The first-order valence-electron chi connectivity index (χ1n) is 13.2. The molecule has 0 radical (unpaired) electrons. The van der Waals surface area contributed by atoms with Crippen LogP contribution in [-0.2, 0) is 33.9 Å². The number of benzene rings is 2. The number of H-pyrrole nitrogens is 1. The molecule has 2 N–H and O–H groups in total. The van der Waals surface area contributed by atoms with E-state index in [4.69, 9.17) is 23.2 Å². The molecule has 0 aliphatic carbocycles. The van der Waals surface area contributed by atoms with Crippen LogP contribution in [0.5, 0.6) is 0 Å². The standard InChI is InChI=1S/C27H29Cl2F3N4O5S/c1-3-42(40,41)22-7-6-18(28)9-17(22)13-36-25(38)19-10-21(27(30,31)32)20(23(29)24(19)34-26(36)39)14-35-8-4-5-16(12-35)11-33-15(2)37/h6-7,9-10,16H,3-5,8,11-14H2,1-2H3,(H,33,37)(H,34,39)/t16-/m1/s1. The van der Waals surface area contributed by atoms with Gasteiger partial charge in [0, 0.05) is 31.6 Å². The molecule has 1 amide bonds. The number of carbonyl (C=O) groups is 1. The van der Waals surface area contributed by atoms with Crippen molar-refractivity contribution in [2.45, 2.75) is 50.9 Å². The van der Waals surface area contributed by atoms with Crippen molar-refractivity contribution < 1.29 is 26.4 Å². The van der Waals surface area contributed by atoms with Gasteiger partial charge in [0.25, 0.3) is 5.56 Å². The number of aromatic nitrogens is 2. The number of halogens is 5. The fourth-order valence-electron chi connectivity index (χ4n) is 5.22. The van der Waals surface area contributed by atoms with Crippen LogP contribution < -0.4 is 16.6 Å². The number of fused-ring (bicyclic) bond motifs is 1. The summed E-state index contributed by atoms with van der Waals surface area (Å²) in [5.74, 6) is -0.420. The molecule has 9 nitrogen and oxygen atoms in total. The summed E-state index contributed by atoms with van der Waals surface area (Å²) in [5.41, 5.74) is -3.65. The van der Waals surface area contributed by atoms with Crippen LogP contribution in [0.4, 0.5) is 13.2 Å². The maximum atomic E-state index is 14.3. The summed E-state index contributed by atoms with van der Waals surface area (Å²) in [6, 6.07) is 4.56. The Morgan fingerprint density at radius 2 is 1.88 bits per heavy atom. The molecule has 1 atom stereocenters. The fraction of sp³-hybridized carbons (Fsp3) is 0.444.